The smallest absolute Gasteiger partial charge is 0.150 e. The molecule has 0 radical (unpaired) electrons. The molecule has 0 spiro atoms. The van der Waals surface area contributed by atoms with Gasteiger partial charge in [0.15, 0.2) is 0 Å². The molecule has 3 aromatic rings. The maximum absolute atomic E-state index is 10.9. The van der Waals surface area contributed by atoms with E-state index in [9.17, 15) is 4.79 Å². The van der Waals surface area contributed by atoms with Crippen molar-refractivity contribution in [2.45, 2.75) is 6.04 Å². The minimum Gasteiger partial charge on any atom is -0.399 e. The van der Waals surface area contributed by atoms with Gasteiger partial charge in [-0.05, 0) is 41.0 Å². The van der Waals surface area contributed by atoms with Crippen LogP contribution in [0.2, 0.25) is 0 Å². The van der Waals surface area contributed by atoms with Gasteiger partial charge in [0.2, 0.25) is 0 Å². The van der Waals surface area contributed by atoms with E-state index in [0.29, 0.717) is 5.56 Å². The van der Waals surface area contributed by atoms with Crippen LogP contribution in [0.1, 0.15) is 27.5 Å². The lowest BCUT2D eigenvalue weighted by atomic mass is 9.86. The van der Waals surface area contributed by atoms with E-state index in [1.165, 1.54) is 0 Å². The number of anilines is 3. The van der Waals surface area contributed by atoms with Gasteiger partial charge in [0.1, 0.15) is 6.29 Å². The van der Waals surface area contributed by atoms with Gasteiger partial charge in [0.25, 0.3) is 0 Å². The van der Waals surface area contributed by atoms with Crippen LogP contribution in [0, 0.1) is 0 Å². The lowest BCUT2D eigenvalue weighted by Crippen LogP contribution is -2.18. The van der Waals surface area contributed by atoms with Crippen LogP contribution in [-0.2, 0) is 0 Å². The molecule has 1 heterocycles. The fourth-order valence-electron chi connectivity index (χ4n) is 3.24. The topological polar surface area (TPSA) is 81.1 Å². The second kappa shape index (κ2) is 5.42. The van der Waals surface area contributed by atoms with Gasteiger partial charge in [0.05, 0.1) is 6.04 Å². The van der Waals surface area contributed by atoms with E-state index in [0.717, 1.165) is 45.6 Å². The number of fused-ring (bicyclic) bond motifs is 3. The third kappa shape index (κ3) is 2.29. The maximum Gasteiger partial charge on any atom is 0.150 e. The summed E-state index contributed by atoms with van der Waals surface area (Å²) in [4.78, 5) is 10.9. The number of aldehydes is 1. The van der Waals surface area contributed by atoms with Gasteiger partial charge in [-0.2, -0.15) is 0 Å². The van der Waals surface area contributed by atoms with E-state index in [1.54, 1.807) is 0 Å². The highest BCUT2D eigenvalue weighted by atomic mass is 16.1. The molecule has 3 aromatic carbocycles. The molecule has 0 saturated heterocycles. The van der Waals surface area contributed by atoms with Crippen molar-refractivity contribution in [2.75, 3.05) is 16.8 Å². The fraction of sp³-hybridized carbons (Fsp3) is 0.0500. The number of nitrogen functional groups attached to an aromatic ring is 2. The zero-order valence-electron chi connectivity index (χ0n) is 13.0. The van der Waals surface area contributed by atoms with E-state index in [1.807, 2.05) is 60.7 Å². The van der Waals surface area contributed by atoms with Gasteiger partial charge in [-0.1, -0.05) is 36.4 Å². The molecule has 0 saturated carbocycles. The molecular weight excluding hydrogens is 298 g/mol. The predicted octanol–water partition coefficient (Wildman–Crippen LogP) is 3.85. The summed E-state index contributed by atoms with van der Waals surface area (Å²) in [5.74, 6) is 0. The summed E-state index contributed by atoms with van der Waals surface area (Å²) in [5, 5.41) is 3.55. The molecule has 24 heavy (non-hydrogen) atoms. The van der Waals surface area contributed by atoms with Crippen LogP contribution < -0.4 is 16.8 Å². The van der Waals surface area contributed by atoms with Gasteiger partial charge in [-0.3, -0.25) is 4.79 Å². The molecular formula is C20H17N3O. The van der Waals surface area contributed by atoms with Crippen LogP contribution in [0.4, 0.5) is 17.1 Å². The summed E-state index contributed by atoms with van der Waals surface area (Å²) in [6, 6.07) is 19.4. The maximum atomic E-state index is 10.9. The normalized spacial score (nSPS) is 15.1. The van der Waals surface area contributed by atoms with Crippen molar-refractivity contribution in [3.63, 3.8) is 0 Å². The Hall–Kier alpha value is -3.27. The van der Waals surface area contributed by atoms with Crippen molar-refractivity contribution in [3.05, 3.63) is 77.4 Å². The largest absolute Gasteiger partial charge is 0.399 e. The molecule has 0 aromatic heterocycles. The van der Waals surface area contributed by atoms with E-state index in [2.05, 4.69) is 5.32 Å². The molecule has 5 N–H and O–H groups in total. The Morgan fingerprint density at radius 1 is 0.833 bits per heavy atom. The number of rotatable bonds is 2. The highest BCUT2D eigenvalue weighted by molar-refractivity contribution is 5.87. The molecule has 4 heteroatoms. The summed E-state index contributed by atoms with van der Waals surface area (Å²) in [5.41, 5.74) is 19.5. The summed E-state index contributed by atoms with van der Waals surface area (Å²) in [7, 11) is 0. The van der Waals surface area contributed by atoms with Crippen molar-refractivity contribution in [1.82, 2.24) is 0 Å². The fourth-order valence-corrected chi connectivity index (χ4v) is 3.24. The van der Waals surface area contributed by atoms with Crippen LogP contribution in [0.3, 0.4) is 0 Å². The van der Waals surface area contributed by atoms with E-state index in [-0.39, 0.29) is 6.04 Å². The summed E-state index contributed by atoms with van der Waals surface area (Å²) < 4.78 is 0. The molecule has 4 rings (SSSR count). The zero-order chi connectivity index (χ0) is 16.7. The van der Waals surface area contributed by atoms with Gasteiger partial charge in [0, 0.05) is 28.2 Å². The third-order valence-electron chi connectivity index (χ3n) is 4.43. The number of carbonyl (C=O) groups is 1. The van der Waals surface area contributed by atoms with Crippen molar-refractivity contribution < 1.29 is 4.79 Å². The molecule has 4 nitrogen and oxygen atoms in total. The number of hydrogen-bond acceptors (Lipinski definition) is 4. The van der Waals surface area contributed by atoms with Crippen molar-refractivity contribution in [2.24, 2.45) is 0 Å². The second-order valence-electron chi connectivity index (χ2n) is 6.01. The second-order valence-corrected chi connectivity index (χ2v) is 6.01. The molecule has 1 unspecified atom stereocenters. The average molecular weight is 315 g/mol. The van der Waals surface area contributed by atoms with E-state index in [4.69, 9.17) is 11.5 Å². The first-order valence-corrected chi connectivity index (χ1v) is 7.77. The Bertz CT molecular complexity index is 932. The molecule has 0 bridgehead atoms. The van der Waals surface area contributed by atoms with Crippen LogP contribution in [0.25, 0.3) is 11.1 Å². The minimum atomic E-state index is -0.0431. The van der Waals surface area contributed by atoms with E-state index >= 15 is 0 Å². The van der Waals surface area contributed by atoms with E-state index < -0.39 is 0 Å². The number of benzene rings is 3. The highest BCUT2D eigenvalue weighted by Gasteiger charge is 2.25. The lowest BCUT2D eigenvalue weighted by Gasteiger charge is -2.30. The average Bonchev–Trinajstić information content (AvgIpc) is 2.60. The Labute approximate surface area is 140 Å². The number of nitrogens with one attached hydrogen (secondary N) is 1. The Morgan fingerprint density at radius 2 is 1.50 bits per heavy atom. The third-order valence-corrected chi connectivity index (χ3v) is 4.43. The SMILES string of the molecule is Nc1ccc2c(c1)NC(c1ccc(C=O)cc1)c1cc(N)ccc1-2. The summed E-state index contributed by atoms with van der Waals surface area (Å²) in [6.07, 6.45) is 0.847. The first-order valence-electron chi connectivity index (χ1n) is 7.77. The molecule has 0 fully saturated rings. The number of hydrogen-bond donors (Lipinski definition) is 3. The summed E-state index contributed by atoms with van der Waals surface area (Å²) >= 11 is 0. The van der Waals surface area contributed by atoms with Crippen LogP contribution in [0.15, 0.2) is 60.7 Å². The minimum absolute atomic E-state index is 0.0431. The van der Waals surface area contributed by atoms with Crippen LogP contribution >= 0.6 is 0 Å². The molecule has 1 aliphatic rings. The summed E-state index contributed by atoms with van der Waals surface area (Å²) in [6.45, 7) is 0. The van der Waals surface area contributed by atoms with Gasteiger partial charge < -0.3 is 16.8 Å². The quantitative estimate of drug-likeness (QED) is 0.495. The van der Waals surface area contributed by atoms with Gasteiger partial charge in [-0.25, -0.2) is 0 Å². The number of carbonyl (C=O) groups excluding carboxylic acids is 1. The first-order chi connectivity index (χ1) is 11.7. The standard InChI is InChI=1S/C20H17N3O/c21-14-5-7-16-17-8-6-15(22)10-19(17)23-20(18(16)9-14)13-3-1-12(11-24)2-4-13/h1-11,20,23H,21-22H2. The van der Waals surface area contributed by atoms with Crippen LogP contribution in [-0.4, -0.2) is 6.29 Å². The molecule has 1 atom stereocenters. The van der Waals surface area contributed by atoms with Crippen molar-refractivity contribution >= 4 is 23.3 Å². The van der Waals surface area contributed by atoms with Gasteiger partial charge >= 0.3 is 0 Å². The zero-order valence-corrected chi connectivity index (χ0v) is 13.0. The van der Waals surface area contributed by atoms with Crippen molar-refractivity contribution in [1.29, 1.82) is 0 Å². The number of nitrogens with two attached hydrogens (primary N) is 2. The molecule has 0 amide bonds. The molecule has 0 aliphatic carbocycles. The Balaban J connectivity index is 1.89. The molecule has 1 aliphatic heterocycles. The lowest BCUT2D eigenvalue weighted by molar-refractivity contribution is 0.112. The molecule has 118 valence electrons. The van der Waals surface area contributed by atoms with Gasteiger partial charge in [-0.15, -0.1) is 0 Å². The first kappa shape index (κ1) is 14.3. The predicted molar refractivity (Wildman–Crippen MR) is 98.0 cm³/mol. The Kier molecular flexibility index (Phi) is 3.24. The highest BCUT2D eigenvalue weighted by Crippen LogP contribution is 2.44. The van der Waals surface area contributed by atoms with Crippen LogP contribution in [0.5, 0.6) is 0 Å². The van der Waals surface area contributed by atoms with Crippen molar-refractivity contribution in [3.8, 4) is 11.1 Å². The monoisotopic (exact) mass is 315 g/mol. The Morgan fingerprint density at radius 3 is 2.21 bits per heavy atom.